The molecular weight excluding hydrogens is 183 g/mol. The second-order valence-corrected chi connectivity index (χ2v) is 2.04. The molecule has 2 nitrogen and oxygen atoms in total. The third-order valence-electron chi connectivity index (χ3n) is 1.03. The molecule has 0 aliphatic rings. The minimum Gasteiger partial charge on any atom is -0.392 e. The molecule has 0 saturated carbocycles. The lowest BCUT2D eigenvalue weighted by Crippen LogP contribution is -2.22. The van der Waals surface area contributed by atoms with Gasteiger partial charge in [-0.05, 0) is 6.42 Å². The van der Waals surface area contributed by atoms with Crippen LogP contribution in [0.1, 0.15) is 12.8 Å². The summed E-state index contributed by atoms with van der Waals surface area (Å²) in [7, 11) is 0. The summed E-state index contributed by atoms with van der Waals surface area (Å²) in [6, 6.07) is 0. The Bertz CT molecular complexity index is 98.2. The van der Waals surface area contributed by atoms with Crippen LogP contribution in [0.15, 0.2) is 0 Å². The number of aliphatic hydroxyl groups excluding tert-OH is 1. The first-order valence-corrected chi connectivity index (χ1v) is 2.90. The van der Waals surface area contributed by atoms with Crippen molar-refractivity contribution in [3.05, 3.63) is 0 Å². The summed E-state index contributed by atoms with van der Waals surface area (Å²) in [4.78, 5) is 0. The molecule has 3 N–H and O–H groups in total. The molecule has 0 aromatic rings. The minimum absolute atomic E-state index is 0. The lowest BCUT2D eigenvalue weighted by atomic mass is 10.2. The Labute approximate surface area is 69.0 Å². The Morgan fingerprint density at radius 1 is 1.36 bits per heavy atom. The van der Waals surface area contributed by atoms with E-state index >= 15 is 0 Å². The van der Waals surface area contributed by atoms with Gasteiger partial charge in [-0.15, -0.1) is 12.4 Å². The molecule has 11 heavy (non-hydrogen) atoms. The highest BCUT2D eigenvalue weighted by Crippen LogP contribution is 2.21. The van der Waals surface area contributed by atoms with E-state index in [9.17, 15) is 13.2 Å². The van der Waals surface area contributed by atoms with E-state index in [0.29, 0.717) is 0 Å². The summed E-state index contributed by atoms with van der Waals surface area (Å²) in [5.41, 5.74) is 4.88. The van der Waals surface area contributed by atoms with Crippen molar-refractivity contribution < 1.29 is 18.3 Å². The van der Waals surface area contributed by atoms with Crippen molar-refractivity contribution in [3.8, 4) is 0 Å². The van der Waals surface area contributed by atoms with Gasteiger partial charge in [0.15, 0.2) is 0 Å². The number of hydrogen-bond donors (Lipinski definition) is 2. The van der Waals surface area contributed by atoms with Crippen LogP contribution in [0.25, 0.3) is 0 Å². The highest BCUT2D eigenvalue weighted by atomic mass is 35.5. The Kier molecular flexibility index (Phi) is 6.94. The van der Waals surface area contributed by atoms with Crippen LogP contribution in [-0.4, -0.2) is 23.9 Å². The zero-order valence-electron chi connectivity index (χ0n) is 5.77. The Hall–Kier alpha value is -0.0000000000000000555. The Morgan fingerprint density at radius 2 is 1.82 bits per heavy atom. The molecule has 0 aliphatic heterocycles. The molecule has 0 radical (unpaired) electrons. The number of rotatable bonds is 3. The van der Waals surface area contributed by atoms with Gasteiger partial charge < -0.3 is 10.8 Å². The SMILES string of the molecule is Cl.NCC(O)CCC(F)(F)F. The summed E-state index contributed by atoms with van der Waals surface area (Å²) in [6.45, 7) is -0.115. The van der Waals surface area contributed by atoms with Crippen LogP contribution in [0.5, 0.6) is 0 Å². The average Bonchev–Trinajstić information content (AvgIpc) is 1.81. The predicted molar refractivity (Wildman–Crippen MR) is 37.6 cm³/mol. The highest BCUT2D eigenvalue weighted by Gasteiger charge is 2.27. The van der Waals surface area contributed by atoms with Crippen molar-refractivity contribution >= 4 is 12.4 Å². The maximum absolute atomic E-state index is 11.4. The molecule has 1 unspecified atom stereocenters. The molecule has 0 aromatic heterocycles. The standard InChI is InChI=1S/C5H10F3NO.ClH/c6-5(7,8)2-1-4(10)3-9;/h4,10H,1-3,9H2;1H. The summed E-state index contributed by atoms with van der Waals surface area (Å²) in [5, 5.41) is 8.60. The summed E-state index contributed by atoms with van der Waals surface area (Å²) in [5.74, 6) is 0. The topological polar surface area (TPSA) is 46.2 Å². The zero-order valence-corrected chi connectivity index (χ0v) is 6.58. The first kappa shape index (κ1) is 13.6. The van der Waals surface area contributed by atoms with Gasteiger partial charge in [-0.3, -0.25) is 0 Å². The number of hydrogen-bond acceptors (Lipinski definition) is 2. The highest BCUT2D eigenvalue weighted by molar-refractivity contribution is 5.85. The fourth-order valence-corrected chi connectivity index (χ4v) is 0.448. The van der Waals surface area contributed by atoms with Crippen molar-refractivity contribution in [2.45, 2.75) is 25.1 Å². The lowest BCUT2D eigenvalue weighted by Gasteiger charge is -2.08. The van der Waals surface area contributed by atoms with E-state index in [-0.39, 0.29) is 25.4 Å². The van der Waals surface area contributed by atoms with E-state index in [1.165, 1.54) is 0 Å². The molecule has 0 heterocycles. The van der Waals surface area contributed by atoms with Gasteiger partial charge in [-0.25, -0.2) is 0 Å². The van der Waals surface area contributed by atoms with E-state index < -0.39 is 18.7 Å². The van der Waals surface area contributed by atoms with E-state index in [4.69, 9.17) is 10.8 Å². The maximum atomic E-state index is 11.4. The Morgan fingerprint density at radius 3 is 2.09 bits per heavy atom. The number of nitrogens with two attached hydrogens (primary N) is 1. The second-order valence-electron chi connectivity index (χ2n) is 2.04. The lowest BCUT2D eigenvalue weighted by molar-refractivity contribution is -0.139. The summed E-state index contributed by atoms with van der Waals surface area (Å²) in [6.07, 6.45) is -6.48. The van der Waals surface area contributed by atoms with E-state index in [1.807, 2.05) is 0 Å². The number of aliphatic hydroxyl groups is 1. The van der Waals surface area contributed by atoms with Gasteiger partial charge in [-0.1, -0.05) is 0 Å². The van der Waals surface area contributed by atoms with Gasteiger partial charge in [0.25, 0.3) is 0 Å². The van der Waals surface area contributed by atoms with Crippen LogP contribution in [0.3, 0.4) is 0 Å². The van der Waals surface area contributed by atoms with Crippen molar-refractivity contribution in [1.29, 1.82) is 0 Å². The molecule has 6 heteroatoms. The van der Waals surface area contributed by atoms with Crippen LogP contribution >= 0.6 is 12.4 Å². The van der Waals surface area contributed by atoms with Crippen LogP contribution < -0.4 is 5.73 Å². The molecular formula is C5H11ClF3NO. The van der Waals surface area contributed by atoms with E-state index in [0.717, 1.165) is 0 Å². The summed E-state index contributed by atoms with van der Waals surface area (Å²) >= 11 is 0. The molecule has 0 rings (SSSR count). The van der Waals surface area contributed by atoms with Crippen LogP contribution in [0, 0.1) is 0 Å². The zero-order chi connectivity index (χ0) is 8.20. The van der Waals surface area contributed by atoms with Crippen molar-refractivity contribution in [3.63, 3.8) is 0 Å². The molecule has 0 amide bonds. The molecule has 0 fully saturated rings. The van der Waals surface area contributed by atoms with Crippen molar-refractivity contribution in [2.24, 2.45) is 5.73 Å². The van der Waals surface area contributed by atoms with Gasteiger partial charge in [0.05, 0.1) is 6.10 Å². The van der Waals surface area contributed by atoms with Crippen molar-refractivity contribution in [2.75, 3.05) is 6.54 Å². The van der Waals surface area contributed by atoms with E-state index in [1.54, 1.807) is 0 Å². The van der Waals surface area contributed by atoms with E-state index in [2.05, 4.69) is 0 Å². The fourth-order valence-electron chi connectivity index (χ4n) is 0.448. The largest absolute Gasteiger partial charge is 0.392 e. The Balaban J connectivity index is 0. The van der Waals surface area contributed by atoms with Crippen LogP contribution in [0.2, 0.25) is 0 Å². The van der Waals surface area contributed by atoms with Gasteiger partial charge >= 0.3 is 6.18 Å². The predicted octanol–water partition coefficient (Wildman–Crippen LogP) is 1.07. The normalized spacial score (nSPS) is 13.9. The van der Waals surface area contributed by atoms with Gasteiger partial charge in [-0.2, -0.15) is 13.2 Å². The molecule has 0 bridgehead atoms. The average molecular weight is 194 g/mol. The number of alkyl halides is 3. The molecule has 0 aromatic carbocycles. The molecule has 1 atom stereocenters. The van der Waals surface area contributed by atoms with Gasteiger partial charge in [0, 0.05) is 13.0 Å². The summed E-state index contributed by atoms with van der Waals surface area (Å²) < 4.78 is 34.2. The molecule has 0 aliphatic carbocycles. The quantitative estimate of drug-likeness (QED) is 0.705. The third kappa shape index (κ3) is 10.0. The first-order valence-electron chi connectivity index (χ1n) is 2.90. The molecule has 0 spiro atoms. The second kappa shape index (κ2) is 5.62. The van der Waals surface area contributed by atoms with Crippen molar-refractivity contribution in [1.82, 2.24) is 0 Å². The third-order valence-corrected chi connectivity index (χ3v) is 1.03. The van der Waals surface area contributed by atoms with Gasteiger partial charge in [0.1, 0.15) is 0 Å². The smallest absolute Gasteiger partial charge is 0.389 e. The monoisotopic (exact) mass is 193 g/mol. The first-order chi connectivity index (χ1) is 4.45. The fraction of sp³-hybridized carbons (Fsp3) is 1.00. The minimum atomic E-state index is -4.18. The van der Waals surface area contributed by atoms with Crippen LogP contribution in [-0.2, 0) is 0 Å². The molecule has 70 valence electrons. The van der Waals surface area contributed by atoms with Crippen LogP contribution in [0.4, 0.5) is 13.2 Å². The maximum Gasteiger partial charge on any atom is 0.389 e. The number of halogens is 4. The molecule has 0 saturated heterocycles. The van der Waals surface area contributed by atoms with Gasteiger partial charge in [0.2, 0.25) is 0 Å².